The maximum atomic E-state index is 14.2. The summed E-state index contributed by atoms with van der Waals surface area (Å²) in [6.45, 7) is 1.58. The zero-order chi connectivity index (χ0) is 30.1. The highest BCUT2D eigenvalue weighted by atomic mass is 32.2. The molecule has 1 aliphatic rings. The smallest absolute Gasteiger partial charge is 0.244 e. The third-order valence-corrected chi connectivity index (χ3v) is 8.85. The molecule has 0 radical (unpaired) electrons. The van der Waals surface area contributed by atoms with Gasteiger partial charge in [-0.05, 0) is 55.2 Å². The van der Waals surface area contributed by atoms with E-state index in [9.17, 15) is 18.0 Å². The molecule has 0 spiro atoms. The fraction of sp³-hybridized carbons (Fsp3) is 0.394. The van der Waals surface area contributed by atoms with Crippen molar-refractivity contribution in [2.45, 2.75) is 64.1 Å². The Hall–Kier alpha value is -3.85. The average Bonchev–Trinajstić information content (AvgIpc) is 2.98. The van der Waals surface area contributed by atoms with E-state index < -0.39 is 28.5 Å². The number of rotatable bonds is 12. The summed E-state index contributed by atoms with van der Waals surface area (Å²) in [5.74, 6) is -0.0737. The van der Waals surface area contributed by atoms with Gasteiger partial charge in [-0.3, -0.25) is 13.9 Å². The third-order valence-electron chi connectivity index (χ3n) is 7.71. The number of sulfonamides is 1. The molecule has 1 atom stereocenters. The largest absolute Gasteiger partial charge is 0.497 e. The lowest BCUT2D eigenvalue weighted by molar-refractivity contribution is -0.140. The molecule has 2 amide bonds. The molecule has 1 saturated carbocycles. The van der Waals surface area contributed by atoms with Gasteiger partial charge in [-0.2, -0.15) is 0 Å². The van der Waals surface area contributed by atoms with Crippen molar-refractivity contribution in [2.75, 3.05) is 24.2 Å². The third kappa shape index (κ3) is 8.58. The molecule has 3 aromatic carbocycles. The van der Waals surface area contributed by atoms with Crippen molar-refractivity contribution in [3.63, 3.8) is 0 Å². The van der Waals surface area contributed by atoms with Crippen LogP contribution in [0.1, 0.15) is 48.8 Å². The van der Waals surface area contributed by atoms with Gasteiger partial charge in [-0.15, -0.1) is 0 Å². The second-order valence-corrected chi connectivity index (χ2v) is 12.9. The summed E-state index contributed by atoms with van der Waals surface area (Å²) in [7, 11) is -2.23. The molecule has 1 N–H and O–H groups in total. The van der Waals surface area contributed by atoms with Gasteiger partial charge in [0.1, 0.15) is 18.3 Å². The molecule has 224 valence electrons. The van der Waals surface area contributed by atoms with Crippen molar-refractivity contribution in [3.8, 4) is 5.75 Å². The van der Waals surface area contributed by atoms with Crippen LogP contribution in [0.3, 0.4) is 0 Å². The van der Waals surface area contributed by atoms with E-state index in [4.69, 9.17) is 4.74 Å². The zero-order valence-corrected chi connectivity index (χ0v) is 25.5. The number of nitrogens with zero attached hydrogens (tertiary/aromatic N) is 2. The lowest BCUT2D eigenvalue weighted by Gasteiger charge is -2.35. The van der Waals surface area contributed by atoms with Crippen molar-refractivity contribution < 1.29 is 22.7 Å². The number of nitrogens with one attached hydrogen (secondary N) is 1. The summed E-state index contributed by atoms with van der Waals surface area (Å²) in [4.78, 5) is 29.8. The fourth-order valence-corrected chi connectivity index (χ4v) is 6.24. The number of methoxy groups -OCH3 is 1. The Bertz CT molecular complexity index is 1440. The molecule has 0 bridgehead atoms. The van der Waals surface area contributed by atoms with E-state index >= 15 is 0 Å². The average molecular weight is 592 g/mol. The second kappa shape index (κ2) is 14.4. The van der Waals surface area contributed by atoms with E-state index in [0.717, 1.165) is 59.4 Å². The molecule has 0 heterocycles. The Kier molecular flexibility index (Phi) is 10.6. The number of carbonyl (C=O) groups is 2. The molecule has 3 aromatic rings. The van der Waals surface area contributed by atoms with Crippen LogP contribution in [0.15, 0.2) is 78.9 Å². The predicted octanol–water partition coefficient (Wildman–Crippen LogP) is 4.86. The van der Waals surface area contributed by atoms with Gasteiger partial charge in [0.05, 0.1) is 19.1 Å². The number of anilines is 1. The van der Waals surface area contributed by atoms with Gasteiger partial charge < -0.3 is 15.0 Å². The van der Waals surface area contributed by atoms with Gasteiger partial charge in [-0.1, -0.05) is 79.4 Å². The topological polar surface area (TPSA) is 96.0 Å². The second-order valence-electron chi connectivity index (χ2n) is 11.0. The molecular weight excluding hydrogens is 550 g/mol. The number of aryl methyl sites for hydroxylation is 1. The van der Waals surface area contributed by atoms with Crippen LogP contribution in [0.5, 0.6) is 5.75 Å². The molecule has 0 unspecified atom stereocenters. The van der Waals surface area contributed by atoms with Crippen LogP contribution < -0.4 is 14.4 Å². The fourth-order valence-electron chi connectivity index (χ4n) is 5.39. The first-order valence-electron chi connectivity index (χ1n) is 14.4. The SMILES string of the molecule is COc1cccc(CN(C(=O)CN(c2ccc(C)cc2)S(C)(=O)=O)[C@H](Cc2ccccc2)C(=O)NC2CCCCC2)c1. The van der Waals surface area contributed by atoms with Gasteiger partial charge in [0.2, 0.25) is 21.8 Å². The molecule has 9 heteroatoms. The van der Waals surface area contributed by atoms with Crippen LogP contribution in [-0.2, 0) is 32.6 Å². The van der Waals surface area contributed by atoms with Crippen LogP contribution in [0, 0.1) is 6.92 Å². The number of hydrogen-bond acceptors (Lipinski definition) is 5. The summed E-state index contributed by atoms with van der Waals surface area (Å²) < 4.78 is 32.4. The summed E-state index contributed by atoms with van der Waals surface area (Å²) in [6.07, 6.45) is 6.45. The van der Waals surface area contributed by atoms with Gasteiger partial charge in [0, 0.05) is 19.0 Å². The van der Waals surface area contributed by atoms with E-state index in [2.05, 4.69) is 5.32 Å². The Morgan fingerprint density at radius 1 is 0.929 bits per heavy atom. The molecule has 0 aromatic heterocycles. The number of hydrogen-bond donors (Lipinski definition) is 1. The minimum atomic E-state index is -3.81. The summed E-state index contributed by atoms with van der Waals surface area (Å²) in [6, 6.07) is 23.1. The first-order chi connectivity index (χ1) is 20.1. The van der Waals surface area contributed by atoms with Gasteiger partial charge >= 0.3 is 0 Å². The van der Waals surface area contributed by atoms with Gasteiger partial charge in [0.25, 0.3) is 0 Å². The van der Waals surface area contributed by atoms with E-state index in [1.54, 1.807) is 19.2 Å². The number of ether oxygens (including phenoxy) is 1. The Labute approximate surface area is 249 Å². The van der Waals surface area contributed by atoms with Gasteiger partial charge in [0.15, 0.2) is 0 Å². The van der Waals surface area contributed by atoms with Crippen molar-refractivity contribution in [1.29, 1.82) is 0 Å². The van der Waals surface area contributed by atoms with Crippen molar-refractivity contribution in [2.24, 2.45) is 0 Å². The van der Waals surface area contributed by atoms with Crippen LogP contribution >= 0.6 is 0 Å². The number of benzene rings is 3. The van der Waals surface area contributed by atoms with E-state index in [0.29, 0.717) is 17.9 Å². The Morgan fingerprint density at radius 2 is 1.60 bits per heavy atom. The maximum absolute atomic E-state index is 14.2. The predicted molar refractivity (Wildman–Crippen MR) is 166 cm³/mol. The first-order valence-corrected chi connectivity index (χ1v) is 16.3. The molecule has 4 rings (SSSR count). The Balaban J connectivity index is 1.72. The standard InChI is InChI=1S/C33H41N3O5S/c1-25-17-19-29(20-18-25)36(42(3,39)40)24-32(37)35(23-27-13-10-16-30(21-27)41-2)31(22-26-11-6-4-7-12-26)33(38)34-28-14-8-5-9-15-28/h4,6-7,10-13,16-21,28,31H,5,8-9,14-15,22-24H2,1-3H3,(H,34,38)/t31-/m1/s1. The van der Waals surface area contributed by atoms with E-state index in [1.165, 1.54) is 4.90 Å². The van der Waals surface area contributed by atoms with Crippen LogP contribution in [-0.4, -0.2) is 57.1 Å². The molecule has 1 aliphatic carbocycles. The summed E-state index contributed by atoms with van der Waals surface area (Å²) in [5, 5.41) is 3.21. The zero-order valence-electron chi connectivity index (χ0n) is 24.7. The van der Waals surface area contributed by atoms with E-state index in [1.807, 2.05) is 73.7 Å². The number of amides is 2. The lowest BCUT2D eigenvalue weighted by atomic mass is 9.94. The Morgan fingerprint density at radius 3 is 2.24 bits per heavy atom. The summed E-state index contributed by atoms with van der Waals surface area (Å²) in [5.41, 5.74) is 3.04. The minimum Gasteiger partial charge on any atom is -0.497 e. The molecule has 42 heavy (non-hydrogen) atoms. The first kappa shape index (κ1) is 31.1. The highest BCUT2D eigenvalue weighted by Crippen LogP contribution is 2.23. The highest BCUT2D eigenvalue weighted by Gasteiger charge is 2.34. The molecule has 8 nitrogen and oxygen atoms in total. The van der Waals surface area contributed by atoms with Gasteiger partial charge in [-0.25, -0.2) is 8.42 Å². The minimum absolute atomic E-state index is 0.0540. The molecule has 0 aliphatic heterocycles. The van der Waals surface area contributed by atoms with Crippen LogP contribution in [0.2, 0.25) is 0 Å². The maximum Gasteiger partial charge on any atom is 0.244 e. The summed E-state index contributed by atoms with van der Waals surface area (Å²) >= 11 is 0. The van der Waals surface area contributed by atoms with Crippen molar-refractivity contribution >= 4 is 27.5 Å². The lowest BCUT2D eigenvalue weighted by Crippen LogP contribution is -2.55. The van der Waals surface area contributed by atoms with Crippen LogP contribution in [0.4, 0.5) is 5.69 Å². The van der Waals surface area contributed by atoms with Crippen molar-refractivity contribution in [1.82, 2.24) is 10.2 Å². The quantitative estimate of drug-likeness (QED) is 0.325. The monoisotopic (exact) mass is 591 g/mol. The van der Waals surface area contributed by atoms with Crippen LogP contribution in [0.25, 0.3) is 0 Å². The normalized spacial score (nSPS) is 14.5. The molecule has 1 fully saturated rings. The molecule has 0 saturated heterocycles. The number of carbonyl (C=O) groups excluding carboxylic acids is 2. The van der Waals surface area contributed by atoms with E-state index in [-0.39, 0.29) is 18.5 Å². The van der Waals surface area contributed by atoms with Crippen molar-refractivity contribution in [3.05, 3.63) is 95.6 Å². The molecular formula is C33H41N3O5S. The highest BCUT2D eigenvalue weighted by molar-refractivity contribution is 7.92.